The summed E-state index contributed by atoms with van der Waals surface area (Å²) in [5.74, 6) is -0.316. The molecule has 2 N–H and O–H groups in total. The van der Waals surface area contributed by atoms with Crippen LogP contribution in [-0.2, 0) is 11.8 Å². The zero-order valence-electron chi connectivity index (χ0n) is 9.51. The number of rotatable bonds is 3. The fourth-order valence-corrected chi connectivity index (χ4v) is 1.44. The molecule has 0 atom stereocenters. The molecule has 17 heavy (non-hydrogen) atoms. The third-order valence-electron chi connectivity index (χ3n) is 2.10. The second-order valence-electron chi connectivity index (χ2n) is 3.40. The molecule has 7 heteroatoms. The molecule has 0 saturated heterocycles. The van der Waals surface area contributed by atoms with E-state index in [0.717, 1.165) is 0 Å². The summed E-state index contributed by atoms with van der Waals surface area (Å²) in [4.78, 5) is 11.7. The Kier molecular flexibility index (Phi) is 2.82. The van der Waals surface area contributed by atoms with Gasteiger partial charge in [0.25, 0.3) is 0 Å². The Labute approximate surface area is 97.1 Å². The molecule has 0 aliphatic heterocycles. The lowest BCUT2D eigenvalue weighted by molar-refractivity contribution is 0.0519. The molecule has 0 aliphatic rings. The lowest BCUT2D eigenvalue weighted by Crippen LogP contribution is -2.07. The van der Waals surface area contributed by atoms with Crippen LogP contribution >= 0.6 is 0 Å². The smallest absolute Gasteiger partial charge is 0.359 e. The van der Waals surface area contributed by atoms with Crippen molar-refractivity contribution in [2.45, 2.75) is 6.92 Å². The van der Waals surface area contributed by atoms with E-state index >= 15 is 0 Å². The second kappa shape index (κ2) is 4.28. The second-order valence-corrected chi connectivity index (χ2v) is 3.40. The Morgan fingerprint density at radius 1 is 1.65 bits per heavy atom. The number of esters is 1. The van der Waals surface area contributed by atoms with Crippen LogP contribution in [0.4, 0.5) is 5.88 Å². The third kappa shape index (κ3) is 2.12. The van der Waals surface area contributed by atoms with E-state index in [-0.39, 0.29) is 18.2 Å². The number of ether oxygens (including phenoxy) is 1. The molecule has 2 aromatic rings. The molecular formula is C10H12N4O3. The fraction of sp³-hybridized carbons (Fsp3) is 0.300. The molecule has 0 saturated carbocycles. The molecule has 0 unspecified atom stereocenters. The largest absolute Gasteiger partial charge is 0.461 e. The number of nitrogens with two attached hydrogens (primary N) is 1. The number of nitrogens with zero attached hydrogens (tertiary/aromatic N) is 3. The van der Waals surface area contributed by atoms with Gasteiger partial charge < -0.3 is 15.0 Å². The monoisotopic (exact) mass is 236 g/mol. The number of carbonyl (C=O) groups excluding carboxylic acids is 1. The van der Waals surface area contributed by atoms with Crippen LogP contribution in [0.5, 0.6) is 0 Å². The number of nitrogen functional groups attached to an aromatic ring is 1. The van der Waals surface area contributed by atoms with Crippen molar-refractivity contribution in [1.82, 2.24) is 14.9 Å². The molecule has 0 aliphatic carbocycles. The van der Waals surface area contributed by atoms with Gasteiger partial charge in [-0.1, -0.05) is 5.16 Å². The van der Waals surface area contributed by atoms with E-state index in [0.29, 0.717) is 11.3 Å². The SMILES string of the molecule is CCOC(=O)c1nn(C)cc1-c1cc(N)on1. The van der Waals surface area contributed by atoms with E-state index in [1.165, 1.54) is 10.7 Å². The van der Waals surface area contributed by atoms with Crippen LogP contribution in [0.2, 0.25) is 0 Å². The van der Waals surface area contributed by atoms with Crippen molar-refractivity contribution in [2.75, 3.05) is 12.3 Å². The van der Waals surface area contributed by atoms with Crippen LogP contribution in [0.1, 0.15) is 17.4 Å². The number of hydrogen-bond donors (Lipinski definition) is 1. The average Bonchev–Trinajstić information content (AvgIpc) is 2.84. The Bertz CT molecular complexity index is 543. The topological polar surface area (TPSA) is 96.2 Å². The molecule has 2 aromatic heterocycles. The standard InChI is InChI=1S/C10H12N4O3/c1-3-16-10(15)9-6(5-14(2)12-9)7-4-8(11)17-13-7/h4-5H,3,11H2,1-2H3. The summed E-state index contributed by atoms with van der Waals surface area (Å²) in [7, 11) is 1.70. The lowest BCUT2D eigenvalue weighted by atomic mass is 10.2. The number of hydrogen-bond acceptors (Lipinski definition) is 6. The summed E-state index contributed by atoms with van der Waals surface area (Å²) in [6.45, 7) is 2.02. The Morgan fingerprint density at radius 3 is 3.00 bits per heavy atom. The van der Waals surface area contributed by atoms with Crippen molar-refractivity contribution in [1.29, 1.82) is 0 Å². The summed E-state index contributed by atoms with van der Waals surface area (Å²) in [5, 5.41) is 7.78. The van der Waals surface area contributed by atoms with E-state index < -0.39 is 5.97 Å². The molecule has 0 amide bonds. The van der Waals surface area contributed by atoms with E-state index in [4.69, 9.17) is 15.0 Å². The van der Waals surface area contributed by atoms with Gasteiger partial charge in [-0.05, 0) is 6.92 Å². The van der Waals surface area contributed by atoms with Gasteiger partial charge in [0, 0.05) is 19.3 Å². The van der Waals surface area contributed by atoms with Gasteiger partial charge in [-0.2, -0.15) is 5.10 Å². The van der Waals surface area contributed by atoms with Crippen LogP contribution in [0.3, 0.4) is 0 Å². The minimum Gasteiger partial charge on any atom is -0.461 e. The zero-order valence-corrected chi connectivity index (χ0v) is 9.51. The molecular weight excluding hydrogens is 224 g/mol. The molecule has 7 nitrogen and oxygen atoms in total. The maximum absolute atomic E-state index is 11.7. The molecule has 2 heterocycles. The first kappa shape index (κ1) is 11.2. The highest BCUT2D eigenvalue weighted by atomic mass is 16.5. The highest BCUT2D eigenvalue weighted by Crippen LogP contribution is 2.23. The predicted molar refractivity (Wildman–Crippen MR) is 59.1 cm³/mol. The van der Waals surface area contributed by atoms with Crippen molar-refractivity contribution < 1.29 is 14.1 Å². The first-order valence-corrected chi connectivity index (χ1v) is 5.05. The summed E-state index contributed by atoms with van der Waals surface area (Å²) < 4.78 is 11.2. The predicted octanol–water partition coefficient (Wildman–Crippen LogP) is 0.834. The Hall–Kier alpha value is -2.31. The van der Waals surface area contributed by atoms with Crippen molar-refractivity contribution in [3.05, 3.63) is 18.0 Å². The Balaban J connectivity index is 2.43. The van der Waals surface area contributed by atoms with Crippen molar-refractivity contribution in [3.63, 3.8) is 0 Å². The zero-order chi connectivity index (χ0) is 12.4. The average molecular weight is 236 g/mol. The number of aryl methyl sites for hydroxylation is 1. The maximum Gasteiger partial charge on any atom is 0.359 e. The molecule has 0 fully saturated rings. The number of carbonyl (C=O) groups is 1. The van der Waals surface area contributed by atoms with Crippen LogP contribution in [0, 0.1) is 0 Å². The summed E-state index contributed by atoms with van der Waals surface area (Å²) >= 11 is 0. The van der Waals surface area contributed by atoms with E-state index in [1.807, 2.05) is 0 Å². The molecule has 0 bridgehead atoms. The number of aromatic nitrogens is 3. The maximum atomic E-state index is 11.7. The summed E-state index contributed by atoms with van der Waals surface area (Å²) in [6.07, 6.45) is 1.66. The van der Waals surface area contributed by atoms with E-state index in [2.05, 4.69) is 10.3 Å². The number of anilines is 1. The van der Waals surface area contributed by atoms with E-state index in [9.17, 15) is 4.79 Å². The first-order valence-electron chi connectivity index (χ1n) is 5.05. The summed E-state index contributed by atoms with van der Waals surface area (Å²) in [5.41, 5.74) is 6.62. The van der Waals surface area contributed by atoms with Gasteiger partial charge >= 0.3 is 5.97 Å². The van der Waals surface area contributed by atoms with Crippen LogP contribution in [-0.4, -0.2) is 27.5 Å². The van der Waals surface area contributed by atoms with Gasteiger partial charge in [0.15, 0.2) is 5.69 Å². The summed E-state index contributed by atoms with van der Waals surface area (Å²) in [6, 6.07) is 1.53. The van der Waals surface area contributed by atoms with Gasteiger partial charge in [-0.3, -0.25) is 4.68 Å². The van der Waals surface area contributed by atoms with Gasteiger partial charge in [-0.15, -0.1) is 0 Å². The molecule has 0 radical (unpaired) electrons. The normalized spacial score (nSPS) is 10.5. The third-order valence-corrected chi connectivity index (χ3v) is 2.10. The van der Waals surface area contributed by atoms with Crippen molar-refractivity contribution >= 4 is 11.9 Å². The van der Waals surface area contributed by atoms with Crippen LogP contribution < -0.4 is 5.73 Å². The van der Waals surface area contributed by atoms with Gasteiger partial charge in [0.05, 0.1) is 12.2 Å². The minimum absolute atomic E-state index is 0.179. The Morgan fingerprint density at radius 2 is 2.41 bits per heavy atom. The van der Waals surface area contributed by atoms with Crippen LogP contribution in [0.15, 0.2) is 16.8 Å². The molecule has 0 spiro atoms. The highest BCUT2D eigenvalue weighted by Gasteiger charge is 2.20. The van der Waals surface area contributed by atoms with Gasteiger partial charge in [0.1, 0.15) is 5.69 Å². The molecule has 2 rings (SSSR count). The highest BCUT2D eigenvalue weighted by molar-refractivity contribution is 5.94. The fourth-order valence-electron chi connectivity index (χ4n) is 1.44. The minimum atomic E-state index is -0.496. The first-order chi connectivity index (χ1) is 8.11. The van der Waals surface area contributed by atoms with Gasteiger partial charge in [-0.25, -0.2) is 4.79 Å². The van der Waals surface area contributed by atoms with Crippen LogP contribution in [0.25, 0.3) is 11.3 Å². The molecule has 90 valence electrons. The quantitative estimate of drug-likeness (QED) is 0.793. The van der Waals surface area contributed by atoms with Crippen molar-refractivity contribution in [3.8, 4) is 11.3 Å². The van der Waals surface area contributed by atoms with Gasteiger partial charge in [0.2, 0.25) is 5.88 Å². The lowest BCUT2D eigenvalue weighted by Gasteiger charge is -1.98. The molecule has 0 aromatic carbocycles. The van der Waals surface area contributed by atoms with Crippen molar-refractivity contribution in [2.24, 2.45) is 7.05 Å². The van der Waals surface area contributed by atoms with E-state index in [1.54, 1.807) is 20.2 Å².